The van der Waals surface area contributed by atoms with Crippen LogP contribution in [0.3, 0.4) is 0 Å². The SMILES string of the molecule is C=CC(=O)N1CCC(n2cc(Nc3ncc(C(N)=O)c(Nc4c(C)cc(C(=O)NCCO)cc4OC)n3)cn2)C1. The third kappa shape index (κ3) is 6.18. The Morgan fingerprint density at radius 1 is 1.27 bits per heavy atom. The van der Waals surface area contributed by atoms with E-state index in [0.29, 0.717) is 41.3 Å². The van der Waals surface area contributed by atoms with Gasteiger partial charge in [0.25, 0.3) is 11.8 Å². The van der Waals surface area contributed by atoms with Crippen LogP contribution in [-0.2, 0) is 4.79 Å². The summed E-state index contributed by atoms with van der Waals surface area (Å²) in [7, 11) is 1.45. The molecule has 1 unspecified atom stereocenters. The standard InChI is InChI=1S/C26H31N9O5/c1-4-21(37)34-7-5-18(14-34)35-13-17(11-30-35)31-26-29-12-19(23(27)38)24(33-26)32-22-15(2)9-16(10-20(22)40-3)25(39)28-6-8-36/h4,9-13,18,36H,1,5-8,14H2,2-3H3,(H2,27,38)(H,28,39)(H2,29,31,32,33). The smallest absolute Gasteiger partial charge is 0.254 e. The molecule has 40 heavy (non-hydrogen) atoms. The van der Waals surface area contributed by atoms with Crippen LogP contribution in [0.15, 0.2) is 43.4 Å². The normalized spacial score (nSPS) is 14.5. The van der Waals surface area contributed by atoms with Crippen LogP contribution < -0.4 is 26.4 Å². The second kappa shape index (κ2) is 12.3. The Morgan fingerprint density at radius 2 is 2.08 bits per heavy atom. The van der Waals surface area contributed by atoms with Crippen LogP contribution in [-0.4, -0.2) is 80.8 Å². The van der Waals surface area contributed by atoms with Crippen molar-refractivity contribution >= 4 is 40.9 Å². The number of nitrogens with two attached hydrogens (primary N) is 1. The number of benzene rings is 1. The maximum Gasteiger partial charge on any atom is 0.254 e. The summed E-state index contributed by atoms with van der Waals surface area (Å²) in [4.78, 5) is 46.8. The molecule has 6 N–H and O–H groups in total. The van der Waals surface area contributed by atoms with Crippen LogP contribution in [0.4, 0.5) is 23.1 Å². The van der Waals surface area contributed by atoms with Gasteiger partial charge in [-0.1, -0.05) is 6.58 Å². The highest BCUT2D eigenvalue weighted by Gasteiger charge is 2.27. The average Bonchev–Trinajstić information content (AvgIpc) is 3.62. The minimum atomic E-state index is -0.738. The third-order valence-corrected chi connectivity index (χ3v) is 6.36. The quantitative estimate of drug-likeness (QED) is 0.218. The van der Waals surface area contributed by atoms with Crippen molar-refractivity contribution in [1.29, 1.82) is 0 Å². The van der Waals surface area contributed by atoms with Crippen molar-refractivity contribution in [1.82, 2.24) is 30.0 Å². The predicted octanol–water partition coefficient (Wildman–Crippen LogP) is 1.26. The number of aliphatic hydroxyl groups is 1. The van der Waals surface area contributed by atoms with Gasteiger partial charge < -0.3 is 36.4 Å². The first-order chi connectivity index (χ1) is 19.2. The van der Waals surface area contributed by atoms with E-state index in [2.05, 4.69) is 37.6 Å². The highest BCUT2D eigenvalue weighted by atomic mass is 16.5. The average molecular weight is 550 g/mol. The molecule has 3 heterocycles. The van der Waals surface area contributed by atoms with E-state index in [1.165, 1.54) is 25.4 Å². The Hall–Kier alpha value is -4.98. The van der Waals surface area contributed by atoms with Gasteiger partial charge in [-0.2, -0.15) is 10.1 Å². The third-order valence-electron chi connectivity index (χ3n) is 6.36. The van der Waals surface area contributed by atoms with E-state index in [9.17, 15) is 14.4 Å². The number of anilines is 4. The van der Waals surface area contributed by atoms with Crippen LogP contribution in [0.25, 0.3) is 0 Å². The van der Waals surface area contributed by atoms with Gasteiger partial charge in [0.05, 0.1) is 37.3 Å². The molecule has 0 radical (unpaired) electrons. The first-order valence-corrected chi connectivity index (χ1v) is 12.5. The first-order valence-electron chi connectivity index (χ1n) is 12.5. The Labute approximate surface area is 230 Å². The number of aromatic nitrogens is 4. The zero-order valence-electron chi connectivity index (χ0n) is 22.2. The molecule has 1 saturated heterocycles. The summed E-state index contributed by atoms with van der Waals surface area (Å²) < 4.78 is 7.27. The highest BCUT2D eigenvalue weighted by Crippen LogP contribution is 2.33. The first kappa shape index (κ1) is 28.0. The van der Waals surface area contributed by atoms with E-state index in [0.717, 1.165) is 6.42 Å². The maximum atomic E-state index is 12.4. The van der Waals surface area contributed by atoms with E-state index in [1.807, 2.05) is 0 Å². The molecule has 14 nitrogen and oxygen atoms in total. The number of likely N-dealkylation sites (tertiary alicyclic amines) is 1. The van der Waals surface area contributed by atoms with E-state index < -0.39 is 5.91 Å². The summed E-state index contributed by atoms with van der Waals surface area (Å²) in [5.74, 6) is -0.573. The van der Waals surface area contributed by atoms with Crippen LogP contribution >= 0.6 is 0 Å². The number of nitrogens with zero attached hydrogens (tertiary/aromatic N) is 5. The molecule has 210 valence electrons. The van der Waals surface area contributed by atoms with Gasteiger partial charge in [0.15, 0.2) is 0 Å². The molecule has 1 aromatic carbocycles. The number of aliphatic hydroxyl groups excluding tert-OH is 1. The van der Waals surface area contributed by atoms with Crippen molar-refractivity contribution in [3.63, 3.8) is 0 Å². The number of ether oxygens (including phenoxy) is 1. The number of hydrogen-bond donors (Lipinski definition) is 5. The lowest BCUT2D eigenvalue weighted by atomic mass is 10.1. The molecule has 3 aromatic rings. The van der Waals surface area contributed by atoms with Gasteiger partial charge in [0.1, 0.15) is 17.1 Å². The van der Waals surface area contributed by atoms with Crippen LogP contribution in [0.2, 0.25) is 0 Å². The minimum absolute atomic E-state index is 0.0268. The van der Waals surface area contributed by atoms with Crippen molar-refractivity contribution in [2.45, 2.75) is 19.4 Å². The summed E-state index contributed by atoms with van der Waals surface area (Å²) >= 11 is 0. The number of hydrogen-bond acceptors (Lipinski definition) is 10. The lowest BCUT2D eigenvalue weighted by Crippen LogP contribution is -2.27. The molecule has 4 rings (SSSR count). The van der Waals surface area contributed by atoms with Crippen molar-refractivity contribution < 1.29 is 24.2 Å². The zero-order chi connectivity index (χ0) is 28.8. The van der Waals surface area contributed by atoms with Gasteiger partial charge in [0.2, 0.25) is 11.9 Å². The second-order valence-corrected chi connectivity index (χ2v) is 9.06. The molecule has 0 spiro atoms. The van der Waals surface area contributed by atoms with Gasteiger partial charge in [-0.05, 0) is 37.1 Å². The van der Waals surface area contributed by atoms with Crippen molar-refractivity contribution in [3.8, 4) is 5.75 Å². The summed E-state index contributed by atoms with van der Waals surface area (Å²) in [6.07, 6.45) is 6.78. The van der Waals surface area contributed by atoms with Gasteiger partial charge in [-0.3, -0.25) is 19.1 Å². The molecule has 1 fully saturated rings. The van der Waals surface area contributed by atoms with E-state index >= 15 is 0 Å². The van der Waals surface area contributed by atoms with Crippen LogP contribution in [0.5, 0.6) is 5.75 Å². The van der Waals surface area contributed by atoms with Gasteiger partial charge in [0, 0.05) is 37.6 Å². The van der Waals surface area contributed by atoms with Crippen molar-refractivity contribution in [2.75, 3.05) is 44.0 Å². The van der Waals surface area contributed by atoms with Crippen LogP contribution in [0.1, 0.15) is 38.7 Å². The largest absolute Gasteiger partial charge is 0.495 e. The molecule has 1 aliphatic rings. The summed E-state index contributed by atoms with van der Waals surface area (Å²) in [5.41, 5.74) is 7.68. The molecule has 0 bridgehead atoms. The summed E-state index contributed by atoms with van der Waals surface area (Å²) in [5, 5.41) is 22.1. The molecule has 3 amide bonds. The number of aryl methyl sites for hydroxylation is 1. The Balaban J connectivity index is 1.56. The molecule has 14 heteroatoms. The summed E-state index contributed by atoms with van der Waals surface area (Å²) in [6, 6.07) is 3.20. The number of carbonyl (C=O) groups excluding carboxylic acids is 3. The molecular weight excluding hydrogens is 518 g/mol. The lowest BCUT2D eigenvalue weighted by molar-refractivity contribution is -0.125. The van der Waals surface area contributed by atoms with Gasteiger partial charge in [-0.15, -0.1) is 0 Å². The number of methoxy groups -OCH3 is 1. The fourth-order valence-electron chi connectivity index (χ4n) is 4.33. The number of amides is 3. The molecule has 1 aliphatic heterocycles. The Kier molecular flexibility index (Phi) is 8.59. The van der Waals surface area contributed by atoms with Gasteiger partial charge in [-0.25, -0.2) is 4.98 Å². The molecular formula is C26H31N9O5. The Morgan fingerprint density at radius 3 is 2.77 bits per heavy atom. The number of carbonyl (C=O) groups is 3. The van der Waals surface area contributed by atoms with E-state index in [1.54, 1.807) is 35.0 Å². The highest BCUT2D eigenvalue weighted by molar-refractivity contribution is 5.99. The predicted molar refractivity (Wildman–Crippen MR) is 147 cm³/mol. The minimum Gasteiger partial charge on any atom is -0.495 e. The molecule has 0 saturated carbocycles. The van der Waals surface area contributed by atoms with Crippen LogP contribution in [0, 0.1) is 6.92 Å². The topological polar surface area (TPSA) is 190 Å². The second-order valence-electron chi connectivity index (χ2n) is 9.06. The van der Waals surface area contributed by atoms with E-state index in [4.69, 9.17) is 15.6 Å². The summed E-state index contributed by atoms with van der Waals surface area (Å²) in [6.45, 7) is 6.40. The number of rotatable bonds is 11. The Bertz CT molecular complexity index is 1440. The number of nitrogens with one attached hydrogen (secondary N) is 3. The molecule has 0 aliphatic carbocycles. The van der Waals surface area contributed by atoms with Gasteiger partial charge >= 0.3 is 0 Å². The fraction of sp³-hybridized carbons (Fsp3) is 0.308. The van der Waals surface area contributed by atoms with E-state index in [-0.39, 0.29) is 48.3 Å². The zero-order valence-corrected chi connectivity index (χ0v) is 22.2. The molecule has 1 atom stereocenters. The lowest BCUT2D eigenvalue weighted by Gasteiger charge is -2.17. The number of primary amides is 1. The van der Waals surface area contributed by atoms with Crippen molar-refractivity contribution in [3.05, 3.63) is 60.1 Å². The molecule has 2 aromatic heterocycles. The van der Waals surface area contributed by atoms with Crippen molar-refractivity contribution in [2.24, 2.45) is 5.73 Å². The maximum absolute atomic E-state index is 12.4. The monoisotopic (exact) mass is 549 g/mol. The fourth-order valence-corrected chi connectivity index (χ4v) is 4.33.